The molecule has 0 aliphatic heterocycles. The highest BCUT2D eigenvalue weighted by atomic mass is 32.1. The molecule has 1 heterocycles. The van der Waals surface area contributed by atoms with Gasteiger partial charge in [-0.2, -0.15) is 0 Å². The molecule has 0 aliphatic carbocycles. The van der Waals surface area contributed by atoms with Crippen molar-refractivity contribution in [3.8, 4) is 5.75 Å². The van der Waals surface area contributed by atoms with Gasteiger partial charge in [0.1, 0.15) is 10.8 Å². The Hall–Kier alpha value is -1.88. The molecule has 2 aromatic rings. The molecule has 2 N–H and O–H groups in total. The van der Waals surface area contributed by atoms with E-state index in [2.05, 4.69) is 4.98 Å². The smallest absolute Gasteiger partial charge is 0.171 e. The number of nitrogen functional groups attached to an aromatic ring is 1. The minimum Gasteiger partial charge on any atom is -0.495 e. The number of hydrogen-bond acceptors (Lipinski definition) is 5. The van der Waals surface area contributed by atoms with Crippen molar-refractivity contribution in [2.75, 3.05) is 12.8 Å². The second kappa shape index (κ2) is 4.97. The summed E-state index contributed by atoms with van der Waals surface area (Å²) in [6, 6.07) is 5.19. The van der Waals surface area contributed by atoms with Gasteiger partial charge in [-0.25, -0.2) is 4.98 Å². The van der Waals surface area contributed by atoms with Crippen LogP contribution < -0.4 is 10.5 Å². The van der Waals surface area contributed by atoms with E-state index in [0.717, 1.165) is 5.01 Å². The molecule has 0 saturated carbocycles. The lowest BCUT2D eigenvalue weighted by Gasteiger charge is -2.08. The zero-order valence-electron chi connectivity index (χ0n) is 9.34. The molecule has 2 rings (SSSR count). The fourth-order valence-electron chi connectivity index (χ4n) is 1.54. The number of carbonyl (C=O) groups is 1. The molecule has 4 nitrogen and oxygen atoms in total. The quantitative estimate of drug-likeness (QED) is 0.665. The van der Waals surface area contributed by atoms with Crippen LogP contribution in [0.3, 0.4) is 0 Å². The van der Waals surface area contributed by atoms with Crippen molar-refractivity contribution in [3.63, 3.8) is 0 Å². The van der Waals surface area contributed by atoms with E-state index in [0.29, 0.717) is 17.0 Å². The zero-order chi connectivity index (χ0) is 12.3. The second-order valence-corrected chi connectivity index (χ2v) is 4.43. The molecule has 0 saturated heterocycles. The molecule has 1 aromatic carbocycles. The highest BCUT2D eigenvalue weighted by Crippen LogP contribution is 2.25. The van der Waals surface area contributed by atoms with E-state index in [-0.39, 0.29) is 12.2 Å². The summed E-state index contributed by atoms with van der Waals surface area (Å²) < 4.78 is 5.08. The van der Waals surface area contributed by atoms with E-state index in [1.54, 1.807) is 24.4 Å². The summed E-state index contributed by atoms with van der Waals surface area (Å²) in [7, 11) is 1.53. The number of rotatable bonds is 4. The van der Waals surface area contributed by atoms with Crippen LogP contribution in [0.5, 0.6) is 5.75 Å². The SMILES string of the molecule is COc1cccc(C(=O)Cc2nccs2)c1N. The van der Waals surface area contributed by atoms with Crippen LogP contribution >= 0.6 is 11.3 Å². The Morgan fingerprint density at radius 1 is 1.53 bits per heavy atom. The van der Waals surface area contributed by atoms with Crippen LogP contribution in [0.4, 0.5) is 5.69 Å². The van der Waals surface area contributed by atoms with Gasteiger partial charge in [-0.05, 0) is 12.1 Å². The molecular weight excluding hydrogens is 236 g/mol. The van der Waals surface area contributed by atoms with Crippen molar-refractivity contribution < 1.29 is 9.53 Å². The number of Topliss-reactive ketones (excluding diaryl/α,β-unsaturated/α-hetero) is 1. The monoisotopic (exact) mass is 248 g/mol. The molecule has 88 valence electrons. The number of hydrogen-bond donors (Lipinski definition) is 1. The predicted molar refractivity (Wildman–Crippen MR) is 67.6 cm³/mol. The van der Waals surface area contributed by atoms with Gasteiger partial charge in [0.15, 0.2) is 5.78 Å². The van der Waals surface area contributed by atoms with Crippen LogP contribution in [0.25, 0.3) is 0 Å². The van der Waals surface area contributed by atoms with Crippen LogP contribution in [-0.4, -0.2) is 17.9 Å². The van der Waals surface area contributed by atoms with Crippen LogP contribution in [0.2, 0.25) is 0 Å². The number of anilines is 1. The van der Waals surface area contributed by atoms with E-state index in [4.69, 9.17) is 10.5 Å². The third kappa shape index (κ3) is 2.45. The maximum atomic E-state index is 12.0. The number of nitrogens with zero attached hydrogens (tertiary/aromatic N) is 1. The summed E-state index contributed by atoms with van der Waals surface area (Å²) in [5.74, 6) is 0.478. The average molecular weight is 248 g/mol. The Labute approximate surface area is 103 Å². The standard InChI is InChI=1S/C12H12N2O2S/c1-16-10-4-2-3-8(12(10)13)9(15)7-11-14-5-6-17-11/h2-6H,7,13H2,1H3. The van der Waals surface area contributed by atoms with Gasteiger partial charge in [-0.15, -0.1) is 11.3 Å². The number of ether oxygens (including phenoxy) is 1. The van der Waals surface area contributed by atoms with Gasteiger partial charge in [-0.1, -0.05) is 6.07 Å². The molecule has 0 fully saturated rings. The van der Waals surface area contributed by atoms with Gasteiger partial charge in [-0.3, -0.25) is 4.79 Å². The van der Waals surface area contributed by atoms with Crippen LogP contribution in [-0.2, 0) is 6.42 Å². The molecule has 17 heavy (non-hydrogen) atoms. The molecule has 0 bridgehead atoms. The molecule has 1 aromatic heterocycles. The summed E-state index contributed by atoms with van der Waals surface area (Å²) in [4.78, 5) is 16.1. The zero-order valence-corrected chi connectivity index (χ0v) is 10.2. The number of nitrogens with two attached hydrogens (primary N) is 1. The largest absolute Gasteiger partial charge is 0.495 e. The summed E-state index contributed by atoms with van der Waals surface area (Å²) in [6.07, 6.45) is 1.96. The fourth-order valence-corrected chi connectivity index (χ4v) is 2.15. The number of aromatic nitrogens is 1. The molecule has 5 heteroatoms. The summed E-state index contributed by atoms with van der Waals surface area (Å²) in [6.45, 7) is 0. The van der Waals surface area contributed by atoms with Crippen LogP contribution in [0, 0.1) is 0 Å². The first-order valence-electron chi connectivity index (χ1n) is 5.06. The number of para-hydroxylation sites is 1. The van der Waals surface area contributed by atoms with Gasteiger partial charge >= 0.3 is 0 Å². The van der Waals surface area contributed by atoms with E-state index < -0.39 is 0 Å². The Morgan fingerprint density at radius 2 is 2.35 bits per heavy atom. The van der Waals surface area contributed by atoms with Crippen molar-refractivity contribution in [2.24, 2.45) is 0 Å². The molecule has 0 unspecified atom stereocenters. The first-order chi connectivity index (χ1) is 8.22. The Bertz CT molecular complexity index is 523. The second-order valence-electron chi connectivity index (χ2n) is 3.45. The Kier molecular flexibility index (Phi) is 3.39. The lowest BCUT2D eigenvalue weighted by molar-refractivity contribution is 0.0993. The van der Waals surface area contributed by atoms with Crippen LogP contribution in [0.1, 0.15) is 15.4 Å². The van der Waals surface area contributed by atoms with Gasteiger partial charge in [0, 0.05) is 17.1 Å². The van der Waals surface area contributed by atoms with E-state index in [1.807, 2.05) is 5.38 Å². The van der Waals surface area contributed by atoms with Crippen molar-refractivity contribution in [1.82, 2.24) is 4.98 Å². The average Bonchev–Trinajstić information content (AvgIpc) is 2.82. The fraction of sp³-hybridized carbons (Fsp3) is 0.167. The van der Waals surface area contributed by atoms with Gasteiger partial charge in [0.25, 0.3) is 0 Å². The third-order valence-electron chi connectivity index (χ3n) is 2.38. The minimum atomic E-state index is -0.0450. The molecular formula is C12H12N2O2S. The minimum absolute atomic E-state index is 0.0450. The van der Waals surface area contributed by atoms with E-state index in [9.17, 15) is 4.79 Å². The van der Waals surface area contributed by atoms with E-state index in [1.165, 1.54) is 18.4 Å². The van der Waals surface area contributed by atoms with Gasteiger partial charge in [0.2, 0.25) is 0 Å². The van der Waals surface area contributed by atoms with Crippen molar-refractivity contribution in [1.29, 1.82) is 0 Å². The first kappa shape index (κ1) is 11.6. The lowest BCUT2D eigenvalue weighted by Crippen LogP contribution is -2.07. The maximum Gasteiger partial charge on any atom is 0.171 e. The molecule has 0 aliphatic rings. The molecule has 0 atom stereocenters. The summed E-state index contributed by atoms with van der Waals surface area (Å²) in [5, 5.41) is 2.63. The normalized spacial score (nSPS) is 10.2. The van der Waals surface area contributed by atoms with Gasteiger partial charge < -0.3 is 10.5 Å². The summed E-state index contributed by atoms with van der Waals surface area (Å²) >= 11 is 1.46. The number of methoxy groups -OCH3 is 1. The Balaban J connectivity index is 2.25. The molecule has 0 radical (unpaired) electrons. The maximum absolute atomic E-state index is 12.0. The number of ketones is 1. The predicted octanol–water partition coefficient (Wildman–Crippen LogP) is 2.16. The van der Waals surface area contributed by atoms with Crippen LogP contribution in [0.15, 0.2) is 29.8 Å². The number of carbonyl (C=O) groups excluding carboxylic acids is 1. The highest BCUT2D eigenvalue weighted by Gasteiger charge is 2.14. The topological polar surface area (TPSA) is 65.2 Å². The van der Waals surface area contributed by atoms with E-state index >= 15 is 0 Å². The third-order valence-corrected chi connectivity index (χ3v) is 3.16. The first-order valence-corrected chi connectivity index (χ1v) is 5.94. The summed E-state index contributed by atoms with van der Waals surface area (Å²) in [5.41, 5.74) is 6.73. The Morgan fingerprint density at radius 3 is 3.00 bits per heavy atom. The van der Waals surface area contributed by atoms with Crippen molar-refractivity contribution in [2.45, 2.75) is 6.42 Å². The highest BCUT2D eigenvalue weighted by molar-refractivity contribution is 7.09. The lowest BCUT2D eigenvalue weighted by atomic mass is 10.1. The number of thiazole rings is 1. The van der Waals surface area contributed by atoms with Crippen molar-refractivity contribution >= 4 is 22.8 Å². The van der Waals surface area contributed by atoms with Crippen molar-refractivity contribution in [3.05, 3.63) is 40.3 Å². The molecule has 0 amide bonds. The van der Waals surface area contributed by atoms with Gasteiger partial charge in [0.05, 0.1) is 19.2 Å². The molecule has 0 spiro atoms. The number of benzene rings is 1.